The Labute approximate surface area is 137 Å². The molecule has 22 heavy (non-hydrogen) atoms. The molecule has 0 aromatic carbocycles. The van der Waals surface area contributed by atoms with Crippen LogP contribution in [0.1, 0.15) is 36.9 Å². The molecular formula is C14H21N3O3S2. The minimum absolute atomic E-state index is 0.00904. The van der Waals surface area contributed by atoms with E-state index in [-0.39, 0.29) is 24.2 Å². The van der Waals surface area contributed by atoms with Crippen LogP contribution >= 0.6 is 21.6 Å². The van der Waals surface area contributed by atoms with E-state index in [0.29, 0.717) is 12.3 Å². The average molecular weight is 343 g/mol. The Morgan fingerprint density at radius 3 is 3.00 bits per heavy atom. The number of nitrogens with zero attached hydrogens (tertiary/aromatic N) is 1. The third-order valence-corrected chi connectivity index (χ3v) is 6.26. The third-order valence-electron chi connectivity index (χ3n) is 3.86. The monoisotopic (exact) mass is 343 g/mol. The molecule has 1 aromatic heterocycles. The molecule has 0 fully saturated rings. The maximum absolute atomic E-state index is 12.3. The van der Waals surface area contributed by atoms with Crippen molar-refractivity contribution in [2.75, 3.05) is 18.1 Å². The van der Waals surface area contributed by atoms with Gasteiger partial charge in [0.1, 0.15) is 0 Å². The van der Waals surface area contributed by atoms with E-state index in [1.807, 2.05) is 6.20 Å². The van der Waals surface area contributed by atoms with Gasteiger partial charge >= 0.3 is 5.97 Å². The summed E-state index contributed by atoms with van der Waals surface area (Å²) in [5, 5.41) is 18.6. The zero-order valence-corrected chi connectivity index (χ0v) is 14.1. The molecule has 1 aromatic rings. The Kier molecular flexibility index (Phi) is 6.63. The number of H-pyrrole nitrogens is 1. The first-order valence-electron chi connectivity index (χ1n) is 7.35. The van der Waals surface area contributed by atoms with Crippen LogP contribution in [0, 0.1) is 5.92 Å². The number of rotatable bonds is 8. The van der Waals surface area contributed by atoms with Crippen LogP contribution < -0.4 is 5.32 Å². The Morgan fingerprint density at radius 2 is 2.23 bits per heavy atom. The van der Waals surface area contributed by atoms with Gasteiger partial charge in [0.2, 0.25) is 5.91 Å². The largest absolute Gasteiger partial charge is 0.481 e. The number of carbonyl (C=O) groups is 2. The molecule has 6 nitrogen and oxygen atoms in total. The highest BCUT2D eigenvalue weighted by Crippen LogP contribution is 2.34. The first kappa shape index (κ1) is 17.2. The van der Waals surface area contributed by atoms with Gasteiger partial charge in [-0.3, -0.25) is 14.7 Å². The Morgan fingerprint density at radius 1 is 1.45 bits per heavy atom. The lowest BCUT2D eigenvalue weighted by atomic mass is 9.78. The number of aryl methyl sites for hydroxylation is 1. The van der Waals surface area contributed by atoms with Crippen LogP contribution in [0.3, 0.4) is 0 Å². The minimum atomic E-state index is -0.772. The maximum atomic E-state index is 12.3. The second-order valence-corrected chi connectivity index (χ2v) is 8.02. The highest BCUT2D eigenvalue weighted by molar-refractivity contribution is 8.76. The van der Waals surface area contributed by atoms with Gasteiger partial charge in [-0.2, -0.15) is 5.10 Å². The molecule has 0 radical (unpaired) electrons. The lowest BCUT2D eigenvalue weighted by molar-refractivity contribution is -0.136. The number of aromatic amines is 1. The van der Waals surface area contributed by atoms with Crippen LogP contribution in [0.15, 0.2) is 6.20 Å². The summed E-state index contributed by atoms with van der Waals surface area (Å²) in [6.07, 6.45) is 3.73. The zero-order chi connectivity index (χ0) is 15.9. The van der Waals surface area contributed by atoms with Crippen molar-refractivity contribution in [3.63, 3.8) is 0 Å². The van der Waals surface area contributed by atoms with Gasteiger partial charge in [0.05, 0.1) is 12.6 Å². The molecule has 122 valence electrons. The normalized spacial score (nSPS) is 20.4. The first-order chi connectivity index (χ1) is 10.6. The molecule has 8 heteroatoms. The molecule has 1 heterocycles. The van der Waals surface area contributed by atoms with Gasteiger partial charge in [0, 0.05) is 29.7 Å². The molecule has 0 saturated carbocycles. The van der Waals surface area contributed by atoms with Gasteiger partial charge in [0.15, 0.2) is 0 Å². The predicted molar refractivity (Wildman–Crippen MR) is 89.0 cm³/mol. The molecular weight excluding hydrogens is 322 g/mol. The van der Waals surface area contributed by atoms with E-state index in [4.69, 9.17) is 5.11 Å². The van der Waals surface area contributed by atoms with Gasteiger partial charge in [-0.15, -0.1) is 0 Å². The molecule has 2 rings (SSSR count). The quantitative estimate of drug-likeness (QED) is 0.494. The van der Waals surface area contributed by atoms with E-state index in [1.54, 1.807) is 10.8 Å². The van der Waals surface area contributed by atoms with Crippen molar-refractivity contribution in [1.82, 2.24) is 15.5 Å². The number of aromatic nitrogens is 2. The van der Waals surface area contributed by atoms with Crippen molar-refractivity contribution in [1.29, 1.82) is 0 Å². The number of fused-ring (bicyclic) bond motifs is 1. The fourth-order valence-corrected chi connectivity index (χ4v) is 4.52. The van der Waals surface area contributed by atoms with Gasteiger partial charge in [-0.1, -0.05) is 28.5 Å². The summed E-state index contributed by atoms with van der Waals surface area (Å²) < 4.78 is 0. The molecule has 1 aliphatic carbocycles. The van der Waals surface area contributed by atoms with Crippen molar-refractivity contribution in [2.24, 2.45) is 5.92 Å². The van der Waals surface area contributed by atoms with E-state index in [9.17, 15) is 9.59 Å². The van der Waals surface area contributed by atoms with Crippen LogP contribution in [0.2, 0.25) is 0 Å². The molecule has 0 saturated heterocycles. The average Bonchev–Trinajstić information content (AvgIpc) is 2.95. The number of carboxylic acid groups (broad SMARTS) is 1. The fraction of sp³-hybridized carbons (Fsp3) is 0.643. The lowest BCUT2D eigenvalue weighted by Crippen LogP contribution is -2.36. The van der Waals surface area contributed by atoms with Gasteiger partial charge < -0.3 is 10.4 Å². The van der Waals surface area contributed by atoms with E-state index < -0.39 is 5.97 Å². The number of aliphatic carboxylic acids is 1. The van der Waals surface area contributed by atoms with Crippen LogP contribution in [0.4, 0.5) is 0 Å². The van der Waals surface area contributed by atoms with E-state index >= 15 is 0 Å². The van der Waals surface area contributed by atoms with Crippen LogP contribution in [0.25, 0.3) is 0 Å². The summed E-state index contributed by atoms with van der Waals surface area (Å²) in [7, 11) is 3.13. The number of hydrogen-bond acceptors (Lipinski definition) is 5. The summed E-state index contributed by atoms with van der Waals surface area (Å²) >= 11 is 0. The standard InChI is InChI=1S/C14H21N3O3S2/c1-9-10(2-3-12-11(9)8-16-17-12)14(20)15-5-7-22-21-6-4-13(18)19/h8-10H,2-7H2,1H3,(H,15,20)(H,16,17)(H,18,19)/t9-,10-/m1/s1. The minimum Gasteiger partial charge on any atom is -0.481 e. The van der Waals surface area contributed by atoms with E-state index in [0.717, 1.165) is 29.9 Å². The van der Waals surface area contributed by atoms with E-state index in [2.05, 4.69) is 22.4 Å². The number of carboxylic acids is 1. The second kappa shape index (κ2) is 8.47. The fourth-order valence-electron chi connectivity index (χ4n) is 2.63. The maximum Gasteiger partial charge on any atom is 0.304 e. The lowest BCUT2D eigenvalue weighted by Gasteiger charge is -2.27. The van der Waals surface area contributed by atoms with Crippen molar-refractivity contribution >= 4 is 33.5 Å². The summed E-state index contributed by atoms with van der Waals surface area (Å²) in [5.41, 5.74) is 2.31. The summed E-state index contributed by atoms with van der Waals surface area (Å²) in [5.74, 6) is 0.918. The summed E-state index contributed by atoms with van der Waals surface area (Å²) in [6.45, 7) is 2.69. The Bertz CT molecular complexity index is 521. The van der Waals surface area contributed by atoms with Crippen LogP contribution in [0.5, 0.6) is 0 Å². The molecule has 0 spiro atoms. The van der Waals surface area contributed by atoms with Gasteiger partial charge in [-0.05, 0) is 24.3 Å². The number of nitrogens with one attached hydrogen (secondary N) is 2. The van der Waals surface area contributed by atoms with Crippen molar-refractivity contribution in [2.45, 2.75) is 32.1 Å². The first-order valence-corrected chi connectivity index (χ1v) is 9.84. The number of hydrogen-bond donors (Lipinski definition) is 3. The van der Waals surface area contributed by atoms with Crippen LogP contribution in [-0.4, -0.2) is 45.2 Å². The SMILES string of the molecule is C[C@H]1c2cn[nH]c2CC[C@H]1C(=O)NCCSSCCC(=O)O. The van der Waals surface area contributed by atoms with Crippen LogP contribution in [-0.2, 0) is 16.0 Å². The topological polar surface area (TPSA) is 95.1 Å². The molecule has 0 unspecified atom stereocenters. The highest BCUT2D eigenvalue weighted by atomic mass is 33.1. The Balaban J connectivity index is 1.65. The number of amides is 1. The summed E-state index contributed by atoms with van der Waals surface area (Å²) in [6, 6.07) is 0. The van der Waals surface area contributed by atoms with Crippen molar-refractivity contribution in [3.05, 3.63) is 17.5 Å². The molecule has 0 bridgehead atoms. The third kappa shape index (κ3) is 4.67. The van der Waals surface area contributed by atoms with E-state index in [1.165, 1.54) is 10.8 Å². The van der Waals surface area contributed by atoms with Gasteiger partial charge in [-0.25, -0.2) is 0 Å². The molecule has 3 N–H and O–H groups in total. The van der Waals surface area contributed by atoms with Crippen molar-refractivity contribution < 1.29 is 14.7 Å². The molecule has 2 atom stereocenters. The van der Waals surface area contributed by atoms with Gasteiger partial charge in [0.25, 0.3) is 0 Å². The molecule has 1 aliphatic rings. The molecule has 1 amide bonds. The highest BCUT2D eigenvalue weighted by Gasteiger charge is 2.32. The zero-order valence-electron chi connectivity index (χ0n) is 12.5. The smallest absolute Gasteiger partial charge is 0.304 e. The summed E-state index contributed by atoms with van der Waals surface area (Å²) in [4.78, 5) is 22.6. The second-order valence-electron chi connectivity index (χ2n) is 5.32. The molecule has 0 aliphatic heterocycles. The van der Waals surface area contributed by atoms with Crippen molar-refractivity contribution in [3.8, 4) is 0 Å². The Hall–Kier alpha value is -1.15. The predicted octanol–water partition coefficient (Wildman–Crippen LogP) is 2.05. The number of carbonyl (C=O) groups excluding carboxylic acids is 1.